The first-order valence-corrected chi connectivity index (χ1v) is 2.74. The zero-order valence-corrected chi connectivity index (χ0v) is 5.54. The molecule has 2 nitrogen and oxygen atoms in total. The Morgan fingerprint density at radius 1 is 1.22 bits per heavy atom. The van der Waals surface area contributed by atoms with Crippen LogP contribution in [0, 0.1) is 0 Å². The van der Waals surface area contributed by atoms with E-state index in [4.69, 9.17) is 11.5 Å². The van der Waals surface area contributed by atoms with Crippen LogP contribution in [-0.2, 0) is 0 Å². The van der Waals surface area contributed by atoms with Crippen molar-refractivity contribution in [1.82, 2.24) is 0 Å². The van der Waals surface area contributed by atoms with E-state index in [0.29, 0.717) is 0 Å². The number of allylic oxidation sites excluding steroid dienone is 5. The maximum Gasteiger partial charge on any atom is 0.00488 e. The van der Waals surface area contributed by atoms with Gasteiger partial charge in [0.15, 0.2) is 0 Å². The molecule has 2 heteroatoms. The van der Waals surface area contributed by atoms with E-state index in [1.165, 1.54) is 6.20 Å². The van der Waals surface area contributed by atoms with E-state index in [1.807, 2.05) is 19.1 Å². The van der Waals surface area contributed by atoms with Crippen molar-refractivity contribution in [3.8, 4) is 0 Å². The summed E-state index contributed by atoms with van der Waals surface area (Å²) in [5.74, 6) is 0. The van der Waals surface area contributed by atoms with Crippen molar-refractivity contribution in [2.45, 2.75) is 6.92 Å². The van der Waals surface area contributed by atoms with Gasteiger partial charge in [0.1, 0.15) is 0 Å². The van der Waals surface area contributed by atoms with Crippen LogP contribution < -0.4 is 11.5 Å². The summed E-state index contributed by atoms with van der Waals surface area (Å²) in [5, 5.41) is 0. The Morgan fingerprint density at radius 3 is 2.33 bits per heavy atom. The van der Waals surface area contributed by atoms with Gasteiger partial charge in [-0.15, -0.1) is 0 Å². The highest BCUT2D eigenvalue weighted by Gasteiger charge is 1.67. The normalized spacial score (nSPS) is 13.7. The number of hydrogen-bond donors (Lipinski definition) is 2. The molecule has 0 spiro atoms. The molecule has 9 heavy (non-hydrogen) atoms. The predicted octanol–water partition coefficient (Wildman–Crippen LogP) is 0.878. The molecule has 0 aromatic heterocycles. The molecule has 0 amide bonds. The molecule has 0 saturated heterocycles. The molecule has 0 rings (SSSR count). The third-order valence-electron chi connectivity index (χ3n) is 0.692. The van der Waals surface area contributed by atoms with Crippen LogP contribution in [0.5, 0.6) is 0 Å². The zero-order valence-electron chi connectivity index (χ0n) is 5.54. The molecule has 0 aliphatic heterocycles. The molecule has 50 valence electrons. The van der Waals surface area contributed by atoms with Crippen molar-refractivity contribution in [2.24, 2.45) is 11.5 Å². The Bertz CT molecular complexity index is 139. The predicted molar refractivity (Wildman–Crippen MR) is 40.4 cm³/mol. The summed E-state index contributed by atoms with van der Waals surface area (Å²) in [4.78, 5) is 0. The van der Waals surface area contributed by atoms with Crippen LogP contribution in [0.15, 0.2) is 36.2 Å². The highest BCUT2D eigenvalue weighted by Crippen LogP contribution is 1.81. The number of hydrogen-bond acceptors (Lipinski definition) is 2. The molecular formula is C7H12N2. The van der Waals surface area contributed by atoms with E-state index in [9.17, 15) is 0 Å². The minimum Gasteiger partial charge on any atom is -0.405 e. The summed E-state index contributed by atoms with van der Waals surface area (Å²) in [6, 6.07) is 0. The zero-order chi connectivity index (χ0) is 7.11. The second-order valence-corrected chi connectivity index (χ2v) is 1.68. The first-order valence-electron chi connectivity index (χ1n) is 2.74. The summed E-state index contributed by atoms with van der Waals surface area (Å²) in [7, 11) is 0. The fourth-order valence-corrected chi connectivity index (χ4v) is 0.336. The van der Waals surface area contributed by atoms with Crippen LogP contribution in [0.25, 0.3) is 0 Å². The van der Waals surface area contributed by atoms with Gasteiger partial charge < -0.3 is 11.5 Å². The third-order valence-corrected chi connectivity index (χ3v) is 0.692. The van der Waals surface area contributed by atoms with E-state index in [2.05, 4.69) is 0 Å². The van der Waals surface area contributed by atoms with Gasteiger partial charge in [-0.25, -0.2) is 0 Å². The largest absolute Gasteiger partial charge is 0.405 e. The summed E-state index contributed by atoms with van der Waals surface area (Å²) < 4.78 is 0. The molecule has 0 aliphatic carbocycles. The van der Waals surface area contributed by atoms with Gasteiger partial charge in [-0.05, 0) is 25.3 Å². The molecule has 0 aliphatic rings. The van der Waals surface area contributed by atoms with E-state index in [0.717, 1.165) is 5.70 Å². The van der Waals surface area contributed by atoms with E-state index in [-0.39, 0.29) is 0 Å². The van der Waals surface area contributed by atoms with Gasteiger partial charge in [-0.3, -0.25) is 0 Å². The minimum absolute atomic E-state index is 0.789. The Labute approximate surface area is 55.5 Å². The topological polar surface area (TPSA) is 52.0 Å². The van der Waals surface area contributed by atoms with Crippen molar-refractivity contribution < 1.29 is 0 Å². The average Bonchev–Trinajstić information content (AvgIpc) is 1.80. The van der Waals surface area contributed by atoms with E-state index in [1.54, 1.807) is 12.2 Å². The highest BCUT2D eigenvalue weighted by molar-refractivity contribution is 5.12. The van der Waals surface area contributed by atoms with Crippen LogP contribution in [0.4, 0.5) is 0 Å². The molecule has 0 heterocycles. The van der Waals surface area contributed by atoms with Gasteiger partial charge in [0.05, 0.1) is 0 Å². The Morgan fingerprint density at radius 2 is 1.89 bits per heavy atom. The first-order chi connectivity index (χ1) is 4.27. The number of nitrogens with two attached hydrogens (primary N) is 2. The molecule has 0 aromatic carbocycles. The number of rotatable bonds is 2. The second-order valence-electron chi connectivity index (χ2n) is 1.68. The minimum atomic E-state index is 0.789. The molecule has 0 aromatic rings. The maximum atomic E-state index is 5.33. The first kappa shape index (κ1) is 7.82. The van der Waals surface area contributed by atoms with Crippen molar-refractivity contribution in [2.75, 3.05) is 0 Å². The van der Waals surface area contributed by atoms with Crippen LogP contribution in [0.3, 0.4) is 0 Å². The summed E-state index contributed by atoms with van der Waals surface area (Å²) in [6.07, 6.45) is 8.66. The third kappa shape index (κ3) is 6.82. The molecule has 0 fully saturated rings. The van der Waals surface area contributed by atoms with Gasteiger partial charge in [0, 0.05) is 5.70 Å². The van der Waals surface area contributed by atoms with Crippen molar-refractivity contribution in [3.63, 3.8) is 0 Å². The lowest BCUT2D eigenvalue weighted by Gasteiger charge is -1.80. The summed E-state index contributed by atoms with van der Waals surface area (Å²) in [5.41, 5.74) is 11.2. The maximum absolute atomic E-state index is 5.33. The van der Waals surface area contributed by atoms with E-state index >= 15 is 0 Å². The average molecular weight is 124 g/mol. The van der Waals surface area contributed by atoms with Crippen LogP contribution in [0.1, 0.15) is 6.92 Å². The van der Waals surface area contributed by atoms with Crippen molar-refractivity contribution in [1.29, 1.82) is 0 Å². The van der Waals surface area contributed by atoms with Crippen LogP contribution in [0.2, 0.25) is 0 Å². The lowest BCUT2D eigenvalue weighted by atomic mass is 10.4. The summed E-state index contributed by atoms with van der Waals surface area (Å²) >= 11 is 0. The highest BCUT2D eigenvalue weighted by atomic mass is 14.5. The van der Waals surface area contributed by atoms with Crippen LogP contribution >= 0.6 is 0 Å². The quantitative estimate of drug-likeness (QED) is 0.537. The molecule has 0 bridgehead atoms. The summed E-state index contributed by atoms with van der Waals surface area (Å²) in [6.45, 7) is 1.83. The lowest BCUT2D eigenvalue weighted by Crippen LogP contribution is -1.87. The Kier molecular flexibility index (Phi) is 4.32. The molecule has 0 atom stereocenters. The monoisotopic (exact) mass is 124 g/mol. The molecule has 0 unspecified atom stereocenters. The van der Waals surface area contributed by atoms with Gasteiger partial charge in [-0.2, -0.15) is 0 Å². The molecule has 0 saturated carbocycles. The van der Waals surface area contributed by atoms with E-state index < -0.39 is 0 Å². The van der Waals surface area contributed by atoms with Gasteiger partial charge in [0.2, 0.25) is 0 Å². The second kappa shape index (κ2) is 4.97. The van der Waals surface area contributed by atoms with Crippen molar-refractivity contribution in [3.05, 3.63) is 36.2 Å². The van der Waals surface area contributed by atoms with Gasteiger partial charge in [-0.1, -0.05) is 12.2 Å². The molecular weight excluding hydrogens is 112 g/mol. The van der Waals surface area contributed by atoms with Gasteiger partial charge >= 0.3 is 0 Å². The Balaban J connectivity index is 3.60. The molecule has 0 radical (unpaired) electrons. The molecule has 4 N–H and O–H groups in total. The fourth-order valence-electron chi connectivity index (χ4n) is 0.336. The van der Waals surface area contributed by atoms with Crippen molar-refractivity contribution >= 4 is 0 Å². The SMILES string of the molecule is C\C(N)=C/C=C\C=C/N. The lowest BCUT2D eigenvalue weighted by molar-refractivity contribution is 1.32. The smallest absolute Gasteiger partial charge is 0.00488 e. The fraction of sp³-hybridized carbons (Fsp3) is 0.143. The van der Waals surface area contributed by atoms with Crippen LogP contribution in [-0.4, -0.2) is 0 Å². The van der Waals surface area contributed by atoms with Gasteiger partial charge in [0.25, 0.3) is 0 Å². The Hall–Kier alpha value is -1.18. The standard InChI is InChI=1S/C7H12N2/c1-7(9)5-3-2-4-6-8/h2-6H,8-9H2,1H3/b3-2-,6-4-,7-5+.